The average molecular weight is 150 g/mol. The molecule has 1 heteroatoms. The van der Waals surface area contributed by atoms with Crippen molar-refractivity contribution in [1.82, 2.24) is 0 Å². The maximum absolute atomic E-state index is 8.55. The van der Waals surface area contributed by atoms with Crippen LogP contribution in [-0.2, 0) is 0 Å². The Morgan fingerprint density at radius 3 is 2.18 bits per heavy atom. The molecule has 11 heavy (non-hydrogen) atoms. The summed E-state index contributed by atoms with van der Waals surface area (Å²) in [6, 6.07) is 7.40. The zero-order chi connectivity index (χ0) is 8.69. The molecule has 0 aliphatic rings. The van der Waals surface area contributed by atoms with E-state index in [0.717, 1.165) is 16.7 Å². The Balaban J connectivity index is 0.000000461. The Morgan fingerprint density at radius 1 is 1.27 bits per heavy atom. The van der Waals surface area contributed by atoms with Crippen molar-refractivity contribution in [3.63, 3.8) is 0 Å². The van der Waals surface area contributed by atoms with Gasteiger partial charge in [0.25, 0.3) is 0 Å². The van der Waals surface area contributed by atoms with Crippen molar-refractivity contribution < 1.29 is 5.11 Å². The summed E-state index contributed by atoms with van der Waals surface area (Å²) in [6.07, 6.45) is 1.06. The smallest absolute Gasteiger partial charge is 0.0869 e. The van der Waals surface area contributed by atoms with Crippen LogP contribution in [0, 0.1) is 0 Å². The summed E-state index contributed by atoms with van der Waals surface area (Å²) in [5.41, 5.74) is 0. The average Bonchev–Trinajstić information content (AvgIpc) is 2.09. The van der Waals surface area contributed by atoms with E-state index in [1.807, 2.05) is 38.1 Å². The van der Waals surface area contributed by atoms with Crippen molar-refractivity contribution >= 4 is 12.8 Å². The number of aliphatic hydroxyl groups is 1. The number of hydrogen-bond donors (Lipinski definition) is 1. The third kappa shape index (κ3) is 2.89. The Kier molecular flexibility index (Phi) is 4.91. The molecule has 1 aromatic carbocycles. The molecule has 0 fully saturated rings. The van der Waals surface area contributed by atoms with Crippen LogP contribution in [0.15, 0.2) is 24.3 Å². The second-order valence-electron chi connectivity index (χ2n) is 1.83. The molecule has 0 spiro atoms. The maximum atomic E-state index is 8.55. The van der Waals surface area contributed by atoms with Crippen molar-refractivity contribution in [2.45, 2.75) is 13.8 Å². The Bertz CT molecular complexity index is 288. The van der Waals surface area contributed by atoms with Crippen molar-refractivity contribution in [3.05, 3.63) is 34.7 Å². The van der Waals surface area contributed by atoms with Gasteiger partial charge in [-0.05, 0) is 5.22 Å². The first kappa shape index (κ1) is 9.76. The molecule has 0 aromatic heterocycles. The van der Waals surface area contributed by atoms with Gasteiger partial charge in [-0.25, -0.2) is 0 Å². The topological polar surface area (TPSA) is 20.2 Å². The van der Waals surface area contributed by atoms with Crippen LogP contribution < -0.4 is 10.4 Å². The van der Waals surface area contributed by atoms with Gasteiger partial charge in [-0.3, -0.25) is 0 Å². The monoisotopic (exact) mass is 150 g/mol. The van der Waals surface area contributed by atoms with E-state index in [0.29, 0.717) is 0 Å². The fourth-order valence-corrected chi connectivity index (χ4v) is 0.660. The molecule has 1 rings (SSSR count). The van der Waals surface area contributed by atoms with E-state index in [1.165, 1.54) is 0 Å². The van der Waals surface area contributed by atoms with E-state index in [1.54, 1.807) is 0 Å². The number of rotatable bonds is 0. The Hall–Kier alpha value is -1.24. The minimum Gasteiger partial charge on any atom is -0.515 e. The molecule has 0 radical (unpaired) electrons. The molecule has 60 valence electrons. The fourth-order valence-electron chi connectivity index (χ4n) is 0.660. The number of aliphatic hydroxyl groups excluding tert-OH is 1. The minimum absolute atomic E-state index is 0.775. The van der Waals surface area contributed by atoms with Gasteiger partial charge < -0.3 is 5.11 Å². The third-order valence-electron chi connectivity index (χ3n) is 1.19. The normalized spacial score (nSPS) is 10.2. The quantitative estimate of drug-likeness (QED) is 0.593. The summed E-state index contributed by atoms with van der Waals surface area (Å²) in [4.78, 5) is 0. The molecule has 0 amide bonds. The highest BCUT2D eigenvalue weighted by Gasteiger charge is 1.75. The summed E-state index contributed by atoms with van der Waals surface area (Å²) in [5, 5.41) is 10.2. The van der Waals surface area contributed by atoms with Crippen molar-refractivity contribution in [1.29, 1.82) is 0 Å². The zero-order valence-corrected chi connectivity index (χ0v) is 7.04. The van der Waals surface area contributed by atoms with Crippen molar-refractivity contribution in [2.75, 3.05) is 0 Å². The van der Waals surface area contributed by atoms with E-state index >= 15 is 0 Å². The highest BCUT2D eigenvalue weighted by molar-refractivity contribution is 5.19. The third-order valence-corrected chi connectivity index (χ3v) is 1.19. The van der Waals surface area contributed by atoms with Crippen LogP contribution in [0.5, 0.6) is 0 Å². The van der Waals surface area contributed by atoms with Crippen LogP contribution in [0.4, 0.5) is 0 Å². The summed E-state index contributed by atoms with van der Waals surface area (Å²) in [6.45, 7) is 7.70. The molecule has 1 N–H and O–H groups in total. The fraction of sp³-hybridized carbons (Fsp3) is 0.200. The molecule has 0 aliphatic heterocycles. The predicted molar refractivity (Wildman–Crippen MR) is 49.7 cm³/mol. The van der Waals surface area contributed by atoms with Gasteiger partial charge in [0.1, 0.15) is 0 Å². The SMILES string of the molecule is C=c1cccc/c1=C/O.CC. The largest absolute Gasteiger partial charge is 0.515 e. The lowest BCUT2D eigenvalue weighted by Gasteiger charge is -1.82. The molecule has 1 nitrogen and oxygen atoms in total. The molecule has 1 aromatic rings. The second-order valence-corrected chi connectivity index (χ2v) is 1.83. The molecule has 0 unspecified atom stereocenters. The first-order chi connectivity index (χ1) is 5.34. The summed E-state index contributed by atoms with van der Waals surface area (Å²) in [5.74, 6) is 0. The van der Waals surface area contributed by atoms with Crippen LogP contribution in [0.2, 0.25) is 0 Å². The zero-order valence-electron chi connectivity index (χ0n) is 7.04. The summed E-state index contributed by atoms with van der Waals surface area (Å²) in [7, 11) is 0. The van der Waals surface area contributed by atoms with Gasteiger partial charge in [0, 0.05) is 5.22 Å². The molecule has 0 saturated carbocycles. The van der Waals surface area contributed by atoms with E-state index in [-0.39, 0.29) is 0 Å². The van der Waals surface area contributed by atoms with Crippen LogP contribution >= 0.6 is 0 Å². The summed E-state index contributed by atoms with van der Waals surface area (Å²) >= 11 is 0. The summed E-state index contributed by atoms with van der Waals surface area (Å²) < 4.78 is 0. The lowest BCUT2D eigenvalue weighted by atomic mass is 10.3. The van der Waals surface area contributed by atoms with Crippen LogP contribution in [0.25, 0.3) is 12.8 Å². The Labute approximate surface area is 67.3 Å². The molecule has 0 heterocycles. The van der Waals surface area contributed by atoms with E-state index in [4.69, 9.17) is 5.11 Å². The maximum Gasteiger partial charge on any atom is 0.0869 e. The molecule has 0 aliphatic carbocycles. The first-order valence-electron chi connectivity index (χ1n) is 3.73. The van der Waals surface area contributed by atoms with Gasteiger partial charge in [-0.2, -0.15) is 0 Å². The molecule has 0 bridgehead atoms. The standard InChI is InChI=1S/C8H8O.C2H6/c1-7-4-2-3-5-8(7)6-9;1-2/h2-6,9H,1H2;1-2H3/b8-6-;. The Morgan fingerprint density at radius 2 is 1.82 bits per heavy atom. The highest BCUT2D eigenvalue weighted by atomic mass is 16.2. The van der Waals surface area contributed by atoms with E-state index in [2.05, 4.69) is 6.58 Å². The van der Waals surface area contributed by atoms with Gasteiger partial charge in [0.15, 0.2) is 0 Å². The van der Waals surface area contributed by atoms with Crippen LogP contribution in [-0.4, -0.2) is 5.11 Å². The van der Waals surface area contributed by atoms with E-state index in [9.17, 15) is 0 Å². The molecular formula is C10H14O. The lowest BCUT2D eigenvalue weighted by molar-refractivity contribution is 0.540. The van der Waals surface area contributed by atoms with Gasteiger partial charge in [-0.15, -0.1) is 0 Å². The number of benzene rings is 1. The van der Waals surface area contributed by atoms with E-state index < -0.39 is 0 Å². The lowest BCUT2D eigenvalue weighted by Crippen LogP contribution is -2.21. The van der Waals surface area contributed by atoms with Crippen molar-refractivity contribution in [2.24, 2.45) is 0 Å². The van der Waals surface area contributed by atoms with Gasteiger partial charge >= 0.3 is 0 Å². The van der Waals surface area contributed by atoms with Gasteiger partial charge in [0.2, 0.25) is 0 Å². The molecular weight excluding hydrogens is 136 g/mol. The van der Waals surface area contributed by atoms with Crippen LogP contribution in [0.1, 0.15) is 13.8 Å². The molecule has 0 atom stereocenters. The first-order valence-corrected chi connectivity index (χ1v) is 3.73. The van der Waals surface area contributed by atoms with Crippen molar-refractivity contribution in [3.8, 4) is 0 Å². The highest BCUT2D eigenvalue weighted by Crippen LogP contribution is 1.67. The van der Waals surface area contributed by atoms with Gasteiger partial charge in [0.05, 0.1) is 6.26 Å². The predicted octanol–water partition coefficient (Wildman–Crippen LogP) is 1.42. The second kappa shape index (κ2) is 5.54. The molecule has 0 saturated heterocycles. The number of hydrogen-bond acceptors (Lipinski definition) is 1. The van der Waals surface area contributed by atoms with Gasteiger partial charge in [-0.1, -0.05) is 44.7 Å². The minimum atomic E-state index is 0.775. The van der Waals surface area contributed by atoms with Crippen LogP contribution in [0.3, 0.4) is 0 Å².